The summed E-state index contributed by atoms with van der Waals surface area (Å²) >= 11 is 5.96. The minimum atomic E-state index is -0.527. The van der Waals surface area contributed by atoms with Crippen molar-refractivity contribution in [3.8, 4) is 0 Å². The molecular formula is C19H20ClNO3. The summed E-state index contributed by atoms with van der Waals surface area (Å²) in [7, 11) is 0. The molecule has 2 aromatic rings. The lowest BCUT2D eigenvalue weighted by Crippen LogP contribution is -2.21. The van der Waals surface area contributed by atoms with Crippen molar-refractivity contribution >= 4 is 29.2 Å². The van der Waals surface area contributed by atoms with Gasteiger partial charge in [-0.25, -0.2) is 4.79 Å². The summed E-state index contributed by atoms with van der Waals surface area (Å²) in [5.41, 5.74) is 2.07. The quantitative estimate of drug-likeness (QED) is 0.792. The molecule has 2 aromatic carbocycles. The van der Waals surface area contributed by atoms with Crippen LogP contribution in [0.25, 0.3) is 0 Å². The minimum Gasteiger partial charge on any atom is -0.452 e. The Morgan fingerprint density at radius 1 is 1.08 bits per heavy atom. The Morgan fingerprint density at radius 3 is 2.38 bits per heavy atom. The van der Waals surface area contributed by atoms with Gasteiger partial charge in [-0.15, -0.1) is 0 Å². The fourth-order valence-electron chi connectivity index (χ4n) is 2.21. The van der Waals surface area contributed by atoms with Gasteiger partial charge in [-0.1, -0.05) is 49.7 Å². The number of nitrogens with one attached hydrogen (secondary N) is 1. The maximum Gasteiger partial charge on any atom is 0.338 e. The van der Waals surface area contributed by atoms with Gasteiger partial charge in [-0.05, 0) is 42.2 Å². The highest BCUT2D eigenvalue weighted by molar-refractivity contribution is 6.33. The zero-order valence-corrected chi connectivity index (χ0v) is 14.5. The van der Waals surface area contributed by atoms with Crippen LogP contribution in [0.5, 0.6) is 0 Å². The zero-order chi connectivity index (χ0) is 17.5. The highest BCUT2D eigenvalue weighted by atomic mass is 35.5. The van der Waals surface area contributed by atoms with Crippen molar-refractivity contribution in [2.75, 3.05) is 11.9 Å². The number of rotatable bonds is 6. The summed E-state index contributed by atoms with van der Waals surface area (Å²) < 4.78 is 5.03. The third-order valence-corrected chi connectivity index (χ3v) is 3.65. The summed E-state index contributed by atoms with van der Waals surface area (Å²) in [4.78, 5) is 23.8. The van der Waals surface area contributed by atoms with Gasteiger partial charge < -0.3 is 10.1 Å². The number of anilines is 1. The van der Waals surface area contributed by atoms with Crippen molar-refractivity contribution < 1.29 is 14.3 Å². The molecule has 5 heteroatoms. The van der Waals surface area contributed by atoms with E-state index in [1.807, 2.05) is 12.1 Å². The van der Waals surface area contributed by atoms with Crippen LogP contribution in [0.3, 0.4) is 0 Å². The molecule has 0 bridgehead atoms. The lowest BCUT2D eigenvalue weighted by molar-refractivity contribution is -0.119. The van der Waals surface area contributed by atoms with Gasteiger partial charge in [-0.3, -0.25) is 4.79 Å². The number of hydrogen-bond donors (Lipinski definition) is 1. The van der Waals surface area contributed by atoms with Crippen molar-refractivity contribution in [1.29, 1.82) is 0 Å². The number of amides is 1. The first-order valence-corrected chi connectivity index (χ1v) is 8.14. The van der Waals surface area contributed by atoms with Crippen molar-refractivity contribution in [2.24, 2.45) is 5.92 Å². The summed E-state index contributed by atoms with van der Waals surface area (Å²) in [6, 6.07) is 14.1. The fourth-order valence-corrected chi connectivity index (χ4v) is 2.39. The van der Waals surface area contributed by atoms with Crippen LogP contribution < -0.4 is 5.32 Å². The topological polar surface area (TPSA) is 55.4 Å². The number of para-hydroxylation sites is 1. The van der Waals surface area contributed by atoms with Crippen LogP contribution in [0.1, 0.15) is 29.8 Å². The Morgan fingerprint density at radius 2 is 1.75 bits per heavy atom. The summed E-state index contributed by atoms with van der Waals surface area (Å²) in [5, 5.41) is 3.03. The van der Waals surface area contributed by atoms with E-state index in [9.17, 15) is 9.59 Å². The minimum absolute atomic E-state index is 0.363. The molecule has 2 rings (SSSR count). The fraction of sp³-hybridized carbons (Fsp3) is 0.263. The van der Waals surface area contributed by atoms with Crippen molar-refractivity contribution in [2.45, 2.75) is 20.3 Å². The molecule has 0 unspecified atom stereocenters. The van der Waals surface area contributed by atoms with Crippen molar-refractivity contribution in [3.63, 3.8) is 0 Å². The molecular weight excluding hydrogens is 326 g/mol. The smallest absolute Gasteiger partial charge is 0.338 e. The van der Waals surface area contributed by atoms with Crippen LogP contribution in [0, 0.1) is 5.92 Å². The van der Waals surface area contributed by atoms with E-state index in [1.54, 1.807) is 36.4 Å². The van der Waals surface area contributed by atoms with Gasteiger partial charge >= 0.3 is 5.97 Å². The monoisotopic (exact) mass is 345 g/mol. The summed E-state index contributed by atoms with van der Waals surface area (Å²) in [6.07, 6.45) is 0.954. The molecule has 1 N–H and O–H groups in total. The Bertz CT molecular complexity index is 711. The number of ether oxygens (including phenoxy) is 1. The summed E-state index contributed by atoms with van der Waals surface area (Å²) in [6.45, 7) is 3.91. The average Bonchev–Trinajstić information content (AvgIpc) is 2.55. The molecule has 0 saturated heterocycles. The second-order valence-electron chi connectivity index (χ2n) is 5.90. The summed E-state index contributed by atoms with van der Waals surface area (Å²) in [5.74, 6) is -0.412. The number of carbonyl (C=O) groups is 2. The Kier molecular flexibility index (Phi) is 6.38. The number of esters is 1. The van der Waals surface area contributed by atoms with Gasteiger partial charge in [0.1, 0.15) is 0 Å². The van der Waals surface area contributed by atoms with Crippen molar-refractivity contribution in [1.82, 2.24) is 0 Å². The van der Waals surface area contributed by atoms with E-state index >= 15 is 0 Å². The molecule has 0 radical (unpaired) electrons. The molecule has 0 heterocycles. The van der Waals surface area contributed by atoms with E-state index < -0.39 is 11.9 Å². The number of carbonyl (C=O) groups excluding carboxylic acids is 2. The molecule has 24 heavy (non-hydrogen) atoms. The van der Waals surface area contributed by atoms with Crippen LogP contribution in [0.4, 0.5) is 5.69 Å². The Hall–Kier alpha value is -2.33. The zero-order valence-electron chi connectivity index (χ0n) is 13.7. The molecule has 4 nitrogen and oxygen atoms in total. The molecule has 0 saturated carbocycles. The predicted molar refractivity (Wildman–Crippen MR) is 95.3 cm³/mol. The molecule has 0 fully saturated rings. The average molecular weight is 346 g/mol. The third kappa shape index (κ3) is 5.39. The second-order valence-corrected chi connectivity index (χ2v) is 6.31. The standard InChI is InChI=1S/C19H20ClNO3/c1-13(2)11-14-7-9-15(10-8-14)19(23)24-12-18(22)21-17-6-4-3-5-16(17)20/h3-10,13H,11-12H2,1-2H3,(H,21,22). The van der Waals surface area contributed by atoms with E-state index in [0.29, 0.717) is 22.2 Å². The van der Waals surface area contributed by atoms with E-state index in [4.69, 9.17) is 16.3 Å². The molecule has 126 valence electrons. The molecule has 0 atom stereocenters. The Balaban J connectivity index is 1.86. The SMILES string of the molecule is CC(C)Cc1ccc(C(=O)OCC(=O)Nc2ccccc2Cl)cc1. The molecule has 0 aliphatic rings. The number of benzene rings is 2. The number of hydrogen-bond acceptors (Lipinski definition) is 3. The highest BCUT2D eigenvalue weighted by Crippen LogP contribution is 2.20. The van der Waals surface area contributed by atoms with Gasteiger partial charge in [0.2, 0.25) is 0 Å². The van der Waals surface area contributed by atoms with Gasteiger partial charge in [0.05, 0.1) is 16.3 Å². The largest absolute Gasteiger partial charge is 0.452 e. The third-order valence-electron chi connectivity index (χ3n) is 3.32. The van der Waals surface area contributed by atoms with Gasteiger partial charge in [-0.2, -0.15) is 0 Å². The molecule has 1 amide bonds. The van der Waals surface area contributed by atoms with E-state index in [-0.39, 0.29) is 6.61 Å². The van der Waals surface area contributed by atoms with Crippen LogP contribution in [-0.2, 0) is 16.0 Å². The first-order chi connectivity index (χ1) is 11.5. The normalized spacial score (nSPS) is 10.5. The van der Waals surface area contributed by atoms with Crippen molar-refractivity contribution in [3.05, 3.63) is 64.7 Å². The van der Waals surface area contributed by atoms with Gasteiger partial charge in [0.25, 0.3) is 5.91 Å². The van der Waals surface area contributed by atoms with Crippen LogP contribution in [-0.4, -0.2) is 18.5 Å². The predicted octanol–water partition coefficient (Wildman–Crippen LogP) is 4.33. The maximum atomic E-state index is 12.0. The molecule has 0 aromatic heterocycles. The second kappa shape index (κ2) is 8.50. The van der Waals surface area contributed by atoms with E-state index in [1.165, 1.54) is 0 Å². The lowest BCUT2D eigenvalue weighted by atomic mass is 10.0. The van der Waals surface area contributed by atoms with Crippen LogP contribution in [0.2, 0.25) is 5.02 Å². The van der Waals surface area contributed by atoms with Gasteiger partial charge in [0, 0.05) is 0 Å². The number of halogens is 1. The van der Waals surface area contributed by atoms with E-state index in [0.717, 1.165) is 12.0 Å². The van der Waals surface area contributed by atoms with Crippen LogP contribution >= 0.6 is 11.6 Å². The molecule has 0 aliphatic heterocycles. The van der Waals surface area contributed by atoms with Gasteiger partial charge in [0.15, 0.2) is 6.61 Å². The Labute approximate surface area is 146 Å². The van der Waals surface area contributed by atoms with Crippen LogP contribution in [0.15, 0.2) is 48.5 Å². The highest BCUT2D eigenvalue weighted by Gasteiger charge is 2.11. The first kappa shape index (κ1) is 18.0. The molecule has 0 spiro atoms. The lowest BCUT2D eigenvalue weighted by Gasteiger charge is -2.09. The maximum absolute atomic E-state index is 12.0. The van der Waals surface area contributed by atoms with E-state index in [2.05, 4.69) is 19.2 Å². The first-order valence-electron chi connectivity index (χ1n) is 7.76. The molecule has 0 aliphatic carbocycles.